The molecule has 1 saturated heterocycles. The molecule has 0 spiro atoms. The van der Waals surface area contributed by atoms with Crippen LogP contribution < -0.4 is 14.8 Å². The predicted molar refractivity (Wildman–Crippen MR) is 99.3 cm³/mol. The lowest BCUT2D eigenvalue weighted by molar-refractivity contribution is -0.274. The molecule has 0 radical (unpaired) electrons. The van der Waals surface area contributed by atoms with Crippen molar-refractivity contribution in [3.05, 3.63) is 59.7 Å². The molecule has 1 heterocycles. The van der Waals surface area contributed by atoms with Crippen molar-refractivity contribution in [2.75, 3.05) is 6.61 Å². The molecule has 0 aliphatic carbocycles. The number of ether oxygens (including phenoxy) is 2. The number of hydrogen-bond acceptors (Lipinski definition) is 6. The summed E-state index contributed by atoms with van der Waals surface area (Å²) in [6.45, 7) is -0.0914. The Morgan fingerprint density at radius 1 is 1.07 bits per heavy atom. The number of aliphatic hydroxyl groups is 2. The fraction of sp³-hybridized carbons (Fsp3) is 0.316. The second-order valence-electron chi connectivity index (χ2n) is 6.28. The van der Waals surface area contributed by atoms with E-state index >= 15 is 0 Å². The molecule has 1 fully saturated rings. The van der Waals surface area contributed by atoms with Crippen LogP contribution in [0.3, 0.4) is 0 Å². The molecule has 29 heavy (non-hydrogen) atoms. The second kappa shape index (κ2) is 8.93. The minimum absolute atomic E-state index is 0.0914. The third-order valence-corrected chi connectivity index (χ3v) is 5.19. The van der Waals surface area contributed by atoms with Gasteiger partial charge in [0.1, 0.15) is 24.2 Å². The second-order valence-corrected chi connectivity index (χ2v) is 7.57. The van der Waals surface area contributed by atoms with E-state index in [1.807, 2.05) is 0 Å². The minimum atomic E-state index is -4.77. The summed E-state index contributed by atoms with van der Waals surface area (Å²) in [5.74, 6) is -0.0856. The molecule has 10 heteroatoms. The normalized spacial score (nSPS) is 20.2. The summed E-state index contributed by atoms with van der Waals surface area (Å²) in [7, 11) is 0. The van der Waals surface area contributed by atoms with E-state index < -0.39 is 18.0 Å². The molecule has 2 aromatic carbocycles. The standard InChI is InChI=1S/C19H18F3NO5S/c20-19(21,22)28-14-7-3-12(4-8-14)15(24)10-27-13-5-1-11(2-6-13)9-16-17(25)23-18(26)29-16/h1-8,15-16,18,24,26H,9-10H2,(H,23,25). The van der Waals surface area contributed by atoms with Crippen molar-refractivity contribution in [1.82, 2.24) is 5.32 Å². The van der Waals surface area contributed by atoms with Gasteiger partial charge in [-0.2, -0.15) is 0 Å². The number of rotatable bonds is 7. The molecule has 3 unspecified atom stereocenters. The monoisotopic (exact) mass is 429 g/mol. The highest BCUT2D eigenvalue weighted by atomic mass is 32.2. The number of nitrogens with one attached hydrogen (secondary N) is 1. The molecule has 0 aromatic heterocycles. The van der Waals surface area contributed by atoms with Crippen LogP contribution in [0.15, 0.2) is 48.5 Å². The van der Waals surface area contributed by atoms with Crippen LogP contribution in [0.2, 0.25) is 0 Å². The number of amides is 1. The molecule has 3 atom stereocenters. The third-order valence-electron chi connectivity index (χ3n) is 4.10. The smallest absolute Gasteiger partial charge is 0.491 e. The van der Waals surface area contributed by atoms with Crippen LogP contribution in [-0.2, 0) is 11.2 Å². The zero-order valence-corrected chi connectivity index (χ0v) is 15.7. The molecule has 2 aromatic rings. The van der Waals surface area contributed by atoms with Crippen molar-refractivity contribution in [3.63, 3.8) is 0 Å². The molecule has 1 amide bonds. The van der Waals surface area contributed by atoms with Gasteiger partial charge in [0.05, 0.1) is 5.25 Å². The number of benzene rings is 2. The topological polar surface area (TPSA) is 88.0 Å². The summed E-state index contributed by atoms with van der Waals surface area (Å²) >= 11 is 1.15. The predicted octanol–water partition coefficient (Wildman–Crippen LogP) is 2.75. The van der Waals surface area contributed by atoms with Crippen LogP contribution in [0.5, 0.6) is 11.5 Å². The van der Waals surface area contributed by atoms with Crippen molar-refractivity contribution < 1.29 is 37.7 Å². The Balaban J connectivity index is 1.50. The fourth-order valence-electron chi connectivity index (χ4n) is 2.71. The summed E-state index contributed by atoms with van der Waals surface area (Å²) in [5, 5.41) is 21.6. The van der Waals surface area contributed by atoms with Crippen LogP contribution >= 0.6 is 11.8 Å². The average molecular weight is 429 g/mol. The van der Waals surface area contributed by atoms with Gasteiger partial charge < -0.3 is 25.0 Å². The molecular weight excluding hydrogens is 411 g/mol. The SMILES string of the molecule is O=C1NC(O)SC1Cc1ccc(OCC(O)c2ccc(OC(F)(F)F)cc2)cc1. The van der Waals surface area contributed by atoms with Gasteiger partial charge in [0.15, 0.2) is 5.56 Å². The highest BCUT2D eigenvalue weighted by molar-refractivity contribution is 8.01. The summed E-state index contributed by atoms with van der Waals surface area (Å²) in [6, 6.07) is 11.8. The summed E-state index contributed by atoms with van der Waals surface area (Å²) < 4.78 is 45.8. The van der Waals surface area contributed by atoms with Gasteiger partial charge in [0, 0.05) is 0 Å². The van der Waals surface area contributed by atoms with Crippen molar-refractivity contribution in [3.8, 4) is 11.5 Å². The minimum Gasteiger partial charge on any atom is -0.491 e. The zero-order chi connectivity index (χ0) is 21.0. The summed E-state index contributed by atoms with van der Waals surface area (Å²) in [4.78, 5) is 11.6. The van der Waals surface area contributed by atoms with E-state index in [0.29, 0.717) is 17.7 Å². The fourth-order valence-corrected chi connectivity index (χ4v) is 3.68. The highest BCUT2D eigenvalue weighted by Crippen LogP contribution is 2.27. The Bertz CT molecular complexity index is 829. The first-order valence-electron chi connectivity index (χ1n) is 8.59. The number of halogens is 3. The van der Waals surface area contributed by atoms with E-state index in [2.05, 4.69) is 10.1 Å². The number of alkyl halides is 3. The maximum Gasteiger partial charge on any atom is 0.573 e. The Hall–Kier alpha value is -2.43. The first-order chi connectivity index (χ1) is 13.7. The number of thioether (sulfide) groups is 1. The van der Waals surface area contributed by atoms with Gasteiger partial charge in [0.25, 0.3) is 0 Å². The van der Waals surface area contributed by atoms with Gasteiger partial charge >= 0.3 is 6.36 Å². The first-order valence-corrected chi connectivity index (χ1v) is 9.53. The van der Waals surface area contributed by atoms with Crippen LogP contribution in [-0.4, -0.2) is 39.9 Å². The van der Waals surface area contributed by atoms with E-state index in [0.717, 1.165) is 29.5 Å². The quantitative estimate of drug-likeness (QED) is 0.628. The van der Waals surface area contributed by atoms with E-state index in [9.17, 15) is 28.2 Å². The summed E-state index contributed by atoms with van der Waals surface area (Å²) in [5.41, 5.74) is 0.393. The average Bonchev–Trinajstić information content (AvgIpc) is 2.97. The molecule has 0 bridgehead atoms. The Labute approximate surface area is 168 Å². The van der Waals surface area contributed by atoms with Crippen molar-refractivity contribution in [2.24, 2.45) is 0 Å². The Kier molecular flexibility index (Phi) is 6.56. The maximum atomic E-state index is 12.2. The van der Waals surface area contributed by atoms with E-state index in [1.165, 1.54) is 12.1 Å². The third kappa shape index (κ3) is 6.28. The lowest BCUT2D eigenvalue weighted by Gasteiger charge is -2.14. The van der Waals surface area contributed by atoms with Crippen LogP contribution in [0, 0.1) is 0 Å². The number of hydrogen-bond donors (Lipinski definition) is 3. The van der Waals surface area contributed by atoms with Crippen LogP contribution in [0.25, 0.3) is 0 Å². The lowest BCUT2D eigenvalue weighted by atomic mass is 10.1. The van der Waals surface area contributed by atoms with Crippen molar-refractivity contribution >= 4 is 17.7 Å². The van der Waals surface area contributed by atoms with E-state index in [1.54, 1.807) is 24.3 Å². The largest absolute Gasteiger partial charge is 0.573 e. The van der Waals surface area contributed by atoms with Crippen molar-refractivity contribution in [2.45, 2.75) is 29.7 Å². The van der Waals surface area contributed by atoms with Crippen molar-refractivity contribution in [1.29, 1.82) is 0 Å². The maximum absolute atomic E-state index is 12.2. The lowest BCUT2D eigenvalue weighted by Crippen LogP contribution is -2.27. The molecule has 3 N–H and O–H groups in total. The highest BCUT2D eigenvalue weighted by Gasteiger charge is 2.32. The molecule has 1 aliphatic rings. The van der Waals surface area contributed by atoms with Gasteiger partial charge in [-0.15, -0.1) is 13.2 Å². The van der Waals surface area contributed by atoms with Gasteiger partial charge in [0.2, 0.25) is 5.91 Å². The van der Waals surface area contributed by atoms with Gasteiger partial charge in [-0.05, 0) is 41.8 Å². The number of aliphatic hydroxyl groups excluding tert-OH is 2. The molecule has 156 valence electrons. The van der Waals surface area contributed by atoms with Crippen LogP contribution in [0.1, 0.15) is 17.2 Å². The zero-order valence-electron chi connectivity index (χ0n) is 14.9. The molecule has 0 saturated carbocycles. The number of carbonyl (C=O) groups is 1. The molecule has 6 nitrogen and oxygen atoms in total. The first kappa shape index (κ1) is 21.3. The van der Waals surface area contributed by atoms with Gasteiger partial charge in [-0.3, -0.25) is 4.79 Å². The summed E-state index contributed by atoms with van der Waals surface area (Å²) in [6.07, 6.45) is -5.34. The molecule has 1 aliphatic heterocycles. The van der Waals surface area contributed by atoms with E-state index in [-0.39, 0.29) is 23.5 Å². The van der Waals surface area contributed by atoms with Gasteiger partial charge in [-0.25, -0.2) is 0 Å². The molecular formula is C19H18F3NO5S. The van der Waals surface area contributed by atoms with E-state index in [4.69, 9.17) is 4.74 Å². The number of carbonyl (C=O) groups excluding carboxylic acids is 1. The van der Waals surface area contributed by atoms with Crippen LogP contribution in [0.4, 0.5) is 13.2 Å². The Morgan fingerprint density at radius 2 is 1.69 bits per heavy atom. The molecule has 3 rings (SSSR count). The van der Waals surface area contributed by atoms with Gasteiger partial charge in [-0.1, -0.05) is 36.0 Å². The Morgan fingerprint density at radius 3 is 2.24 bits per heavy atom.